The van der Waals surface area contributed by atoms with Crippen molar-refractivity contribution in [2.24, 2.45) is 0 Å². The summed E-state index contributed by atoms with van der Waals surface area (Å²) < 4.78 is 5.48. The third kappa shape index (κ3) is 4.19. The maximum atomic E-state index is 12.0. The molecule has 0 radical (unpaired) electrons. The number of anilines is 2. The van der Waals surface area contributed by atoms with Crippen LogP contribution >= 0.6 is 0 Å². The van der Waals surface area contributed by atoms with E-state index in [9.17, 15) is 14.9 Å². The summed E-state index contributed by atoms with van der Waals surface area (Å²) in [7, 11) is 0. The molecule has 0 spiro atoms. The van der Waals surface area contributed by atoms with Gasteiger partial charge in [-0.3, -0.25) is 30.7 Å². The van der Waals surface area contributed by atoms with Gasteiger partial charge in [0.05, 0.1) is 11.0 Å². The Bertz CT molecular complexity index is 781. The molecule has 1 fully saturated rings. The zero-order valence-electron chi connectivity index (χ0n) is 13.7. The fourth-order valence-corrected chi connectivity index (χ4v) is 2.47. The number of amides is 1. The molecule has 1 amide bonds. The Morgan fingerprint density at radius 2 is 2.15 bits per heavy atom. The van der Waals surface area contributed by atoms with Gasteiger partial charge in [0.1, 0.15) is 12.0 Å². The molecule has 0 aliphatic carbocycles. The summed E-state index contributed by atoms with van der Waals surface area (Å²) in [5.74, 6) is -0.633. The van der Waals surface area contributed by atoms with Crippen LogP contribution in [-0.2, 0) is 4.74 Å². The van der Waals surface area contributed by atoms with Crippen molar-refractivity contribution in [3.8, 4) is 0 Å². The number of nitrogens with one attached hydrogen (secondary N) is 3. The van der Waals surface area contributed by atoms with Crippen LogP contribution in [0.3, 0.4) is 0 Å². The van der Waals surface area contributed by atoms with Gasteiger partial charge >= 0.3 is 5.69 Å². The Balaban J connectivity index is 1.70. The van der Waals surface area contributed by atoms with Gasteiger partial charge in [-0.2, -0.15) is 0 Å². The number of nitro groups is 1. The van der Waals surface area contributed by atoms with Crippen LogP contribution in [0.4, 0.5) is 17.3 Å². The fourth-order valence-electron chi connectivity index (χ4n) is 2.47. The van der Waals surface area contributed by atoms with E-state index < -0.39 is 10.8 Å². The second kappa shape index (κ2) is 8.16. The van der Waals surface area contributed by atoms with E-state index in [0.717, 1.165) is 12.8 Å². The molecule has 0 aromatic carbocycles. The molecule has 1 aliphatic heterocycles. The van der Waals surface area contributed by atoms with Crippen LogP contribution in [0.2, 0.25) is 0 Å². The minimum atomic E-state index is -0.618. The molecular formula is C15H17N7O4. The number of hydrazine groups is 1. The number of pyridine rings is 1. The van der Waals surface area contributed by atoms with E-state index in [1.165, 1.54) is 18.6 Å². The number of carbonyl (C=O) groups is 1. The predicted octanol–water partition coefficient (Wildman–Crippen LogP) is 1.13. The lowest BCUT2D eigenvalue weighted by Crippen LogP contribution is -2.31. The lowest BCUT2D eigenvalue weighted by Gasteiger charge is -2.13. The summed E-state index contributed by atoms with van der Waals surface area (Å²) in [6, 6.07) is 4.84. The molecule has 1 aliphatic rings. The Kier molecular flexibility index (Phi) is 5.49. The van der Waals surface area contributed by atoms with Crippen molar-refractivity contribution in [2.75, 3.05) is 23.9 Å². The second-order valence-electron chi connectivity index (χ2n) is 5.49. The summed E-state index contributed by atoms with van der Waals surface area (Å²) in [5.41, 5.74) is 4.59. The molecular weight excluding hydrogens is 342 g/mol. The molecule has 2 aromatic rings. The van der Waals surface area contributed by atoms with E-state index in [4.69, 9.17) is 4.74 Å². The Labute approximate surface area is 148 Å². The topological polar surface area (TPSA) is 144 Å². The smallest absolute Gasteiger partial charge is 0.354 e. The molecule has 0 saturated carbocycles. The lowest BCUT2D eigenvalue weighted by atomic mass is 10.2. The Morgan fingerprint density at radius 1 is 1.31 bits per heavy atom. The first-order chi connectivity index (χ1) is 12.6. The summed E-state index contributed by atoms with van der Waals surface area (Å²) in [4.78, 5) is 34.5. The van der Waals surface area contributed by atoms with Crippen molar-refractivity contribution < 1.29 is 14.5 Å². The molecule has 1 unspecified atom stereocenters. The molecule has 0 bridgehead atoms. The predicted molar refractivity (Wildman–Crippen MR) is 91.5 cm³/mol. The van der Waals surface area contributed by atoms with Gasteiger partial charge < -0.3 is 10.1 Å². The van der Waals surface area contributed by atoms with E-state index in [2.05, 4.69) is 31.1 Å². The normalized spacial score (nSPS) is 16.1. The minimum Gasteiger partial charge on any atom is -0.376 e. The molecule has 11 heteroatoms. The highest BCUT2D eigenvalue weighted by molar-refractivity contribution is 5.93. The van der Waals surface area contributed by atoms with Crippen molar-refractivity contribution in [3.05, 3.63) is 46.5 Å². The monoisotopic (exact) mass is 359 g/mol. The Hall–Kier alpha value is -3.34. The fraction of sp³-hybridized carbons (Fsp3) is 0.333. The van der Waals surface area contributed by atoms with Gasteiger partial charge in [0.15, 0.2) is 0 Å². The molecule has 136 valence electrons. The van der Waals surface area contributed by atoms with Crippen LogP contribution in [0, 0.1) is 10.1 Å². The van der Waals surface area contributed by atoms with E-state index in [0.29, 0.717) is 13.2 Å². The molecule has 26 heavy (non-hydrogen) atoms. The van der Waals surface area contributed by atoms with Crippen LogP contribution in [-0.4, -0.2) is 45.0 Å². The van der Waals surface area contributed by atoms with Crippen LogP contribution in [0.1, 0.15) is 23.3 Å². The van der Waals surface area contributed by atoms with Gasteiger partial charge in [-0.1, -0.05) is 6.07 Å². The van der Waals surface area contributed by atoms with Crippen molar-refractivity contribution in [1.82, 2.24) is 20.4 Å². The van der Waals surface area contributed by atoms with Crippen LogP contribution in [0.25, 0.3) is 0 Å². The summed E-state index contributed by atoms with van der Waals surface area (Å²) in [5, 5.41) is 14.4. The van der Waals surface area contributed by atoms with Gasteiger partial charge in [0.25, 0.3) is 5.91 Å². The zero-order valence-corrected chi connectivity index (χ0v) is 13.7. The van der Waals surface area contributed by atoms with E-state index in [-0.39, 0.29) is 29.1 Å². The molecule has 11 nitrogen and oxygen atoms in total. The van der Waals surface area contributed by atoms with Gasteiger partial charge in [0, 0.05) is 19.3 Å². The maximum absolute atomic E-state index is 12.0. The number of carbonyl (C=O) groups excluding carboxylic acids is 1. The van der Waals surface area contributed by atoms with E-state index in [1.54, 1.807) is 12.1 Å². The highest BCUT2D eigenvalue weighted by atomic mass is 16.6. The minimum absolute atomic E-state index is 0.00941. The van der Waals surface area contributed by atoms with Crippen LogP contribution in [0.15, 0.2) is 30.7 Å². The number of hydrogen-bond acceptors (Lipinski definition) is 9. The third-order valence-corrected chi connectivity index (χ3v) is 3.72. The molecule has 3 N–H and O–H groups in total. The van der Waals surface area contributed by atoms with Crippen molar-refractivity contribution in [1.29, 1.82) is 0 Å². The average molecular weight is 359 g/mol. The number of aromatic nitrogens is 3. The van der Waals surface area contributed by atoms with Gasteiger partial charge in [0.2, 0.25) is 11.6 Å². The van der Waals surface area contributed by atoms with Crippen molar-refractivity contribution >= 4 is 23.2 Å². The van der Waals surface area contributed by atoms with Crippen LogP contribution < -0.4 is 16.2 Å². The Morgan fingerprint density at radius 3 is 2.85 bits per heavy atom. The lowest BCUT2D eigenvalue weighted by molar-refractivity contribution is -0.383. The first-order valence-corrected chi connectivity index (χ1v) is 7.97. The first kappa shape index (κ1) is 17.5. The zero-order chi connectivity index (χ0) is 18.4. The molecule has 2 aromatic heterocycles. The molecule has 3 rings (SSSR count). The highest BCUT2D eigenvalue weighted by Crippen LogP contribution is 2.28. The highest BCUT2D eigenvalue weighted by Gasteiger charge is 2.25. The quantitative estimate of drug-likeness (QED) is 0.489. The number of nitrogens with zero attached hydrogens (tertiary/aromatic N) is 4. The first-order valence-electron chi connectivity index (χ1n) is 7.97. The average Bonchev–Trinajstić information content (AvgIpc) is 3.18. The number of rotatable bonds is 7. The van der Waals surface area contributed by atoms with Gasteiger partial charge in [-0.25, -0.2) is 9.97 Å². The third-order valence-electron chi connectivity index (χ3n) is 3.72. The molecule has 1 saturated heterocycles. The summed E-state index contributed by atoms with van der Waals surface area (Å²) in [6.45, 7) is 1.09. The maximum Gasteiger partial charge on any atom is 0.354 e. The second-order valence-corrected chi connectivity index (χ2v) is 5.49. The van der Waals surface area contributed by atoms with E-state index in [1.807, 2.05) is 0 Å². The van der Waals surface area contributed by atoms with Gasteiger partial charge in [-0.15, -0.1) is 0 Å². The molecule has 1 atom stereocenters. The standard InChI is InChI=1S/C15H17N7O4/c23-15(11-5-1-2-6-16-11)21-20-14-12(22(24)25)13(18-9-19-14)17-8-10-4-3-7-26-10/h1-2,5-6,9-10H,3-4,7-8H2,(H,21,23)(H2,17,18,19,20). The van der Waals surface area contributed by atoms with Crippen molar-refractivity contribution in [2.45, 2.75) is 18.9 Å². The SMILES string of the molecule is O=C(NNc1ncnc(NCC2CCCO2)c1[N+](=O)[O-])c1ccccn1. The summed E-state index contributed by atoms with van der Waals surface area (Å²) in [6.07, 6.45) is 4.47. The molecule has 3 heterocycles. The number of ether oxygens (including phenoxy) is 1. The summed E-state index contributed by atoms with van der Waals surface area (Å²) >= 11 is 0. The van der Waals surface area contributed by atoms with E-state index >= 15 is 0 Å². The van der Waals surface area contributed by atoms with Crippen LogP contribution in [0.5, 0.6) is 0 Å². The van der Waals surface area contributed by atoms with Gasteiger partial charge in [-0.05, 0) is 25.0 Å². The number of hydrogen-bond donors (Lipinski definition) is 3. The largest absolute Gasteiger partial charge is 0.376 e. The van der Waals surface area contributed by atoms with Crippen molar-refractivity contribution in [3.63, 3.8) is 0 Å².